The molecule has 100 valence electrons. The lowest BCUT2D eigenvalue weighted by molar-refractivity contribution is -0.122. The molecule has 0 bridgehead atoms. The lowest BCUT2D eigenvalue weighted by atomic mass is 9.87. The normalized spacial score (nSPS) is 18.0. The number of nitrogens with zero attached hydrogens (tertiary/aromatic N) is 2. The van der Waals surface area contributed by atoms with Crippen LogP contribution in [0.15, 0.2) is 34.3 Å². The maximum Gasteiger partial charge on any atom is 0.259 e. The molecule has 0 saturated carbocycles. The third-order valence-electron chi connectivity index (χ3n) is 3.18. The fourth-order valence-corrected chi connectivity index (χ4v) is 2.32. The minimum Gasteiger partial charge on any atom is -0.271 e. The van der Waals surface area contributed by atoms with Crippen molar-refractivity contribution in [2.24, 2.45) is 15.4 Å². The topological polar surface area (TPSA) is 41.8 Å². The van der Waals surface area contributed by atoms with Crippen molar-refractivity contribution >= 4 is 28.5 Å². The highest BCUT2D eigenvalue weighted by Crippen LogP contribution is 2.27. The molecule has 0 fully saturated rings. The summed E-state index contributed by atoms with van der Waals surface area (Å²) < 4.78 is 12.8. The van der Waals surface area contributed by atoms with Crippen LogP contribution < -0.4 is 0 Å². The van der Waals surface area contributed by atoms with Crippen LogP contribution in [-0.2, 0) is 10.5 Å². The number of hydrogen-bond donors (Lipinski definition) is 0. The Morgan fingerprint density at radius 1 is 1.21 bits per heavy atom. The number of amidine groups is 1. The van der Waals surface area contributed by atoms with Crippen LogP contribution >= 0.6 is 11.8 Å². The van der Waals surface area contributed by atoms with Gasteiger partial charge < -0.3 is 0 Å². The van der Waals surface area contributed by atoms with Gasteiger partial charge in [0.2, 0.25) is 0 Å². The van der Waals surface area contributed by atoms with Gasteiger partial charge in [0.05, 0.1) is 5.41 Å². The summed E-state index contributed by atoms with van der Waals surface area (Å²) in [4.78, 5) is 20.2. The van der Waals surface area contributed by atoms with Crippen LogP contribution in [0.3, 0.4) is 0 Å². The molecule has 1 aromatic rings. The molecule has 2 rings (SSSR count). The number of benzene rings is 1. The number of amides is 1. The quantitative estimate of drug-likeness (QED) is 0.831. The smallest absolute Gasteiger partial charge is 0.259 e. The van der Waals surface area contributed by atoms with Crippen LogP contribution in [-0.4, -0.2) is 16.8 Å². The summed E-state index contributed by atoms with van der Waals surface area (Å²) in [6.45, 7) is 5.48. The van der Waals surface area contributed by atoms with E-state index in [-0.39, 0.29) is 11.7 Å². The first-order valence-corrected chi connectivity index (χ1v) is 6.94. The predicted octanol–water partition coefficient (Wildman–Crippen LogP) is 3.44. The highest BCUT2D eigenvalue weighted by atomic mass is 32.2. The van der Waals surface area contributed by atoms with Gasteiger partial charge in [0.1, 0.15) is 5.82 Å². The van der Waals surface area contributed by atoms with Crippen molar-refractivity contribution < 1.29 is 9.18 Å². The van der Waals surface area contributed by atoms with Crippen molar-refractivity contribution in [2.45, 2.75) is 26.5 Å². The first-order valence-electron chi connectivity index (χ1n) is 5.96. The summed E-state index contributed by atoms with van der Waals surface area (Å²) >= 11 is 1.38. The molecule has 1 heterocycles. The van der Waals surface area contributed by atoms with E-state index in [2.05, 4.69) is 9.98 Å². The van der Waals surface area contributed by atoms with Gasteiger partial charge in [-0.05, 0) is 38.5 Å². The van der Waals surface area contributed by atoms with E-state index in [0.29, 0.717) is 10.9 Å². The van der Waals surface area contributed by atoms with Crippen molar-refractivity contribution in [2.75, 3.05) is 0 Å². The third kappa shape index (κ3) is 3.10. The third-order valence-corrected chi connectivity index (χ3v) is 4.10. The molecule has 0 saturated heterocycles. The van der Waals surface area contributed by atoms with Crippen molar-refractivity contribution in [3.05, 3.63) is 35.6 Å². The van der Waals surface area contributed by atoms with Crippen molar-refractivity contribution in [3.8, 4) is 0 Å². The zero-order valence-electron chi connectivity index (χ0n) is 11.1. The average molecular weight is 278 g/mol. The Balaban J connectivity index is 2.05. The number of carbonyl (C=O) groups excluding carboxylic acids is 1. The second-order valence-corrected chi connectivity index (χ2v) is 5.88. The Morgan fingerprint density at radius 2 is 1.84 bits per heavy atom. The standard InChI is InChI=1S/C14H15FN2OS/c1-9-14(2,3)12(18)17-13(16-9)19-8-10-4-6-11(15)7-5-10/h4-7H,8H2,1-3H3. The predicted molar refractivity (Wildman–Crippen MR) is 77.0 cm³/mol. The van der Waals surface area contributed by atoms with E-state index in [4.69, 9.17) is 0 Å². The number of thioether (sulfide) groups is 1. The van der Waals surface area contributed by atoms with E-state index in [1.807, 2.05) is 20.8 Å². The van der Waals surface area contributed by atoms with E-state index in [0.717, 1.165) is 11.3 Å². The molecular formula is C14H15FN2OS. The molecule has 3 nitrogen and oxygen atoms in total. The first-order chi connectivity index (χ1) is 8.89. The Bertz CT molecular complexity index is 561. The number of halogens is 1. The van der Waals surface area contributed by atoms with Gasteiger partial charge in [0.15, 0.2) is 5.17 Å². The number of aliphatic imine (C=N–C) groups is 2. The summed E-state index contributed by atoms with van der Waals surface area (Å²) in [6, 6.07) is 6.27. The van der Waals surface area contributed by atoms with E-state index in [9.17, 15) is 9.18 Å². The average Bonchev–Trinajstić information content (AvgIpc) is 2.36. The molecule has 1 amide bonds. The lowest BCUT2D eigenvalue weighted by Gasteiger charge is -2.24. The van der Waals surface area contributed by atoms with Gasteiger partial charge in [-0.25, -0.2) is 9.38 Å². The molecule has 0 aliphatic carbocycles. The van der Waals surface area contributed by atoms with Crippen LogP contribution in [0.5, 0.6) is 0 Å². The maximum atomic E-state index is 12.8. The molecule has 19 heavy (non-hydrogen) atoms. The molecule has 0 aromatic heterocycles. The largest absolute Gasteiger partial charge is 0.271 e. The molecule has 1 aliphatic heterocycles. The zero-order chi connectivity index (χ0) is 14.0. The molecular weight excluding hydrogens is 263 g/mol. The monoisotopic (exact) mass is 278 g/mol. The summed E-state index contributed by atoms with van der Waals surface area (Å²) in [5.74, 6) is 0.194. The summed E-state index contributed by atoms with van der Waals surface area (Å²) in [6.07, 6.45) is 0. The molecule has 1 aliphatic rings. The highest BCUT2D eigenvalue weighted by molar-refractivity contribution is 8.13. The molecule has 5 heteroatoms. The fourth-order valence-electron chi connectivity index (χ4n) is 1.48. The fraction of sp³-hybridized carbons (Fsp3) is 0.357. The van der Waals surface area contributed by atoms with Crippen LogP contribution in [0.1, 0.15) is 26.3 Å². The Hall–Kier alpha value is -1.49. The van der Waals surface area contributed by atoms with E-state index in [1.165, 1.54) is 23.9 Å². The van der Waals surface area contributed by atoms with Gasteiger partial charge in [-0.15, -0.1) is 0 Å². The van der Waals surface area contributed by atoms with Gasteiger partial charge in [0.25, 0.3) is 5.91 Å². The van der Waals surface area contributed by atoms with Crippen LogP contribution in [0.2, 0.25) is 0 Å². The molecule has 0 N–H and O–H groups in total. The summed E-state index contributed by atoms with van der Waals surface area (Å²) in [5, 5.41) is 0.478. The number of carbonyl (C=O) groups is 1. The molecule has 0 unspecified atom stereocenters. The highest BCUT2D eigenvalue weighted by Gasteiger charge is 2.34. The number of hydrogen-bond acceptors (Lipinski definition) is 3. The van der Waals surface area contributed by atoms with Gasteiger partial charge in [-0.1, -0.05) is 23.9 Å². The minimum atomic E-state index is -0.611. The molecule has 0 radical (unpaired) electrons. The van der Waals surface area contributed by atoms with Gasteiger partial charge in [-0.3, -0.25) is 4.79 Å². The Kier molecular flexibility index (Phi) is 3.85. The maximum absolute atomic E-state index is 12.8. The molecule has 0 spiro atoms. The second-order valence-electron chi connectivity index (χ2n) is 4.94. The SMILES string of the molecule is CC1=NC(SCc2ccc(F)cc2)=NC(=O)C1(C)C. The summed E-state index contributed by atoms with van der Waals surface area (Å²) in [5.41, 5.74) is 1.13. The van der Waals surface area contributed by atoms with Crippen LogP contribution in [0.25, 0.3) is 0 Å². The second kappa shape index (κ2) is 5.25. The Labute approximate surface area is 116 Å². The number of rotatable bonds is 2. The zero-order valence-corrected chi connectivity index (χ0v) is 11.9. The van der Waals surface area contributed by atoms with E-state index >= 15 is 0 Å². The summed E-state index contributed by atoms with van der Waals surface area (Å²) in [7, 11) is 0. The first kappa shape index (κ1) is 13.9. The van der Waals surface area contributed by atoms with Crippen molar-refractivity contribution in [1.82, 2.24) is 0 Å². The Morgan fingerprint density at radius 3 is 2.42 bits per heavy atom. The van der Waals surface area contributed by atoms with Crippen LogP contribution in [0.4, 0.5) is 4.39 Å². The van der Waals surface area contributed by atoms with Crippen molar-refractivity contribution in [3.63, 3.8) is 0 Å². The minimum absolute atomic E-state index is 0.165. The van der Waals surface area contributed by atoms with Gasteiger partial charge in [-0.2, -0.15) is 4.99 Å². The molecule has 0 atom stereocenters. The van der Waals surface area contributed by atoms with Crippen LogP contribution in [0, 0.1) is 11.2 Å². The van der Waals surface area contributed by atoms with E-state index < -0.39 is 5.41 Å². The molecule has 1 aromatic carbocycles. The van der Waals surface area contributed by atoms with Gasteiger partial charge in [0, 0.05) is 11.5 Å². The lowest BCUT2D eigenvalue weighted by Crippen LogP contribution is -2.34. The van der Waals surface area contributed by atoms with E-state index in [1.54, 1.807) is 12.1 Å². The van der Waals surface area contributed by atoms with Gasteiger partial charge >= 0.3 is 0 Å². The van der Waals surface area contributed by atoms with Crippen molar-refractivity contribution in [1.29, 1.82) is 0 Å².